The number of methoxy groups -OCH3 is 1. The quantitative estimate of drug-likeness (QED) is 0.439. The number of hydrogen-bond acceptors (Lipinski definition) is 4. The minimum Gasteiger partial charge on any atom is -0.496 e. The molecule has 2 nitrogen and oxygen atoms in total. The van der Waals surface area contributed by atoms with E-state index in [1.165, 1.54) is 9.79 Å². The zero-order chi connectivity index (χ0) is 18.9. The lowest BCUT2D eigenvalue weighted by molar-refractivity contribution is 0.177. The molecule has 27 heavy (non-hydrogen) atoms. The Morgan fingerprint density at radius 3 is 1.93 bits per heavy atom. The highest BCUT2D eigenvalue weighted by Gasteiger charge is 2.12. The predicted molar refractivity (Wildman–Crippen MR) is 115 cm³/mol. The van der Waals surface area contributed by atoms with Gasteiger partial charge in [-0.1, -0.05) is 84.2 Å². The van der Waals surface area contributed by atoms with Crippen LogP contribution in [0.1, 0.15) is 18.1 Å². The van der Waals surface area contributed by atoms with Crippen LogP contribution in [0.4, 0.5) is 0 Å². The minimum absolute atomic E-state index is 0.523. The van der Waals surface area contributed by atoms with Gasteiger partial charge in [0.15, 0.2) is 0 Å². The van der Waals surface area contributed by atoms with Gasteiger partial charge in [0, 0.05) is 19.6 Å². The first-order valence-corrected chi connectivity index (χ1v) is 10.4. The minimum atomic E-state index is -0.608. The van der Waals surface area contributed by atoms with Crippen molar-refractivity contribution in [3.05, 3.63) is 101 Å². The fraction of sp³-hybridized carbons (Fsp3) is 0.130. The van der Waals surface area contributed by atoms with E-state index in [1.54, 1.807) is 30.6 Å². The summed E-state index contributed by atoms with van der Waals surface area (Å²) in [7, 11) is 1.63. The van der Waals surface area contributed by atoms with Crippen molar-refractivity contribution in [1.29, 1.82) is 0 Å². The molecule has 0 radical (unpaired) electrons. The molecule has 1 N–H and O–H groups in total. The lowest BCUT2D eigenvalue weighted by atomic mass is 10.1. The largest absolute Gasteiger partial charge is 0.496 e. The monoisotopic (exact) mass is 394 g/mol. The fourth-order valence-electron chi connectivity index (χ4n) is 2.59. The number of aliphatic hydroxyl groups is 1. The molecule has 3 aromatic carbocycles. The van der Waals surface area contributed by atoms with E-state index in [0.29, 0.717) is 12.2 Å². The van der Waals surface area contributed by atoms with Crippen LogP contribution in [0.5, 0.6) is 5.75 Å². The number of hydrogen-bond donors (Lipinski definition) is 1. The summed E-state index contributed by atoms with van der Waals surface area (Å²) in [5.41, 5.74) is 0.810. The normalized spacial score (nSPS) is 11.6. The smallest absolute Gasteiger partial charge is 0.124 e. The SMILES string of the molecule is COc1ccccc1[C@H](O)CC=C(Sc1ccccc1)Sc1ccccc1. The molecule has 3 aromatic rings. The van der Waals surface area contributed by atoms with Crippen molar-refractivity contribution in [2.75, 3.05) is 7.11 Å². The Kier molecular flexibility index (Phi) is 7.45. The van der Waals surface area contributed by atoms with Gasteiger partial charge in [-0.15, -0.1) is 0 Å². The van der Waals surface area contributed by atoms with Gasteiger partial charge >= 0.3 is 0 Å². The summed E-state index contributed by atoms with van der Waals surface area (Å²) in [4.78, 5) is 2.36. The standard InChI is InChI=1S/C23H22O2S2/c1-25-22-15-9-8-14-20(22)21(24)16-17-23(26-18-10-4-2-5-11-18)27-19-12-6-3-7-13-19/h2-15,17,21,24H,16H2,1H3/t21-/m1/s1. The highest BCUT2D eigenvalue weighted by atomic mass is 32.2. The number of rotatable bonds is 8. The lowest BCUT2D eigenvalue weighted by Gasteiger charge is -2.14. The molecule has 0 aromatic heterocycles. The lowest BCUT2D eigenvalue weighted by Crippen LogP contribution is -1.99. The average molecular weight is 395 g/mol. The van der Waals surface area contributed by atoms with E-state index < -0.39 is 6.10 Å². The molecule has 0 fully saturated rings. The van der Waals surface area contributed by atoms with E-state index >= 15 is 0 Å². The van der Waals surface area contributed by atoms with Gasteiger partial charge in [-0.25, -0.2) is 0 Å². The van der Waals surface area contributed by atoms with Crippen molar-refractivity contribution in [3.8, 4) is 5.75 Å². The first-order valence-electron chi connectivity index (χ1n) is 8.73. The zero-order valence-electron chi connectivity index (χ0n) is 15.1. The third-order valence-corrected chi connectivity index (χ3v) is 6.18. The molecule has 0 bridgehead atoms. The first-order chi connectivity index (χ1) is 13.3. The van der Waals surface area contributed by atoms with E-state index in [9.17, 15) is 5.11 Å². The van der Waals surface area contributed by atoms with Crippen molar-refractivity contribution in [2.45, 2.75) is 22.3 Å². The Labute approximate surface area is 169 Å². The molecule has 1 atom stereocenters. The molecule has 138 valence electrons. The van der Waals surface area contributed by atoms with Crippen molar-refractivity contribution >= 4 is 23.5 Å². The van der Waals surface area contributed by atoms with Gasteiger partial charge in [0.2, 0.25) is 0 Å². The molecule has 4 heteroatoms. The summed E-state index contributed by atoms with van der Waals surface area (Å²) < 4.78 is 6.51. The van der Waals surface area contributed by atoms with Crippen molar-refractivity contribution < 1.29 is 9.84 Å². The van der Waals surface area contributed by atoms with E-state index in [4.69, 9.17) is 4.74 Å². The highest BCUT2D eigenvalue weighted by Crippen LogP contribution is 2.40. The summed E-state index contributed by atoms with van der Waals surface area (Å²) in [6.45, 7) is 0. The Balaban J connectivity index is 1.78. The Morgan fingerprint density at radius 2 is 1.37 bits per heavy atom. The zero-order valence-corrected chi connectivity index (χ0v) is 16.7. The maximum Gasteiger partial charge on any atom is 0.124 e. The van der Waals surface area contributed by atoms with Gasteiger partial charge in [0.1, 0.15) is 5.75 Å². The number of ether oxygens (including phenoxy) is 1. The molecule has 0 spiro atoms. The fourth-order valence-corrected chi connectivity index (χ4v) is 4.74. The molecule has 0 saturated heterocycles. The number of benzene rings is 3. The van der Waals surface area contributed by atoms with Crippen molar-refractivity contribution in [3.63, 3.8) is 0 Å². The Hall–Kier alpha value is -2.14. The summed E-state index contributed by atoms with van der Waals surface area (Å²) in [5, 5.41) is 10.7. The summed E-state index contributed by atoms with van der Waals surface area (Å²) >= 11 is 3.42. The molecule has 0 aliphatic heterocycles. The van der Waals surface area contributed by atoms with E-state index in [2.05, 4.69) is 30.3 Å². The molecule has 0 heterocycles. The molecular weight excluding hydrogens is 372 g/mol. The summed E-state index contributed by atoms with van der Waals surface area (Å²) in [5.74, 6) is 0.714. The maximum atomic E-state index is 10.7. The van der Waals surface area contributed by atoms with Gasteiger partial charge in [-0.3, -0.25) is 0 Å². The van der Waals surface area contributed by atoms with Crippen LogP contribution < -0.4 is 4.74 Å². The topological polar surface area (TPSA) is 29.5 Å². The summed E-state index contributed by atoms with van der Waals surface area (Å²) in [6.07, 6.45) is 2.02. The average Bonchev–Trinajstić information content (AvgIpc) is 2.73. The number of para-hydroxylation sites is 1. The molecule has 0 aliphatic rings. The Morgan fingerprint density at radius 1 is 0.852 bits per heavy atom. The first kappa shape index (κ1) is 19.6. The number of thioether (sulfide) groups is 2. The maximum absolute atomic E-state index is 10.7. The molecule has 3 rings (SSSR count). The second kappa shape index (κ2) is 10.3. The second-order valence-electron chi connectivity index (χ2n) is 5.85. The summed E-state index contributed by atoms with van der Waals surface area (Å²) in [6, 6.07) is 28.2. The highest BCUT2D eigenvalue weighted by molar-refractivity contribution is 8.22. The van der Waals surface area contributed by atoms with Gasteiger partial charge < -0.3 is 9.84 Å². The van der Waals surface area contributed by atoms with Crippen LogP contribution in [-0.2, 0) is 0 Å². The third kappa shape index (κ3) is 5.93. The van der Waals surface area contributed by atoms with Crippen LogP contribution in [0, 0.1) is 0 Å². The van der Waals surface area contributed by atoms with Crippen LogP contribution in [-0.4, -0.2) is 12.2 Å². The van der Waals surface area contributed by atoms with Crippen molar-refractivity contribution in [2.24, 2.45) is 0 Å². The Bertz CT molecular complexity index is 820. The van der Waals surface area contributed by atoms with Gasteiger partial charge in [-0.2, -0.15) is 0 Å². The van der Waals surface area contributed by atoms with Crippen LogP contribution in [0.3, 0.4) is 0 Å². The molecule has 0 saturated carbocycles. The van der Waals surface area contributed by atoms with Gasteiger partial charge in [-0.05, 0) is 36.8 Å². The predicted octanol–water partition coefficient (Wildman–Crippen LogP) is 6.54. The van der Waals surface area contributed by atoms with Gasteiger partial charge in [0.25, 0.3) is 0 Å². The molecule has 0 aliphatic carbocycles. The van der Waals surface area contributed by atoms with E-state index in [-0.39, 0.29) is 0 Å². The van der Waals surface area contributed by atoms with Crippen LogP contribution in [0.25, 0.3) is 0 Å². The van der Waals surface area contributed by atoms with E-state index in [1.807, 2.05) is 60.7 Å². The number of aliphatic hydroxyl groups excluding tert-OH is 1. The molecule has 0 amide bonds. The van der Waals surface area contributed by atoms with Crippen LogP contribution >= 0.6 is 23.5 Å². The van der Waals surface area contributed by atoms with Crippen molar-refractivity contribution in [1.82, 2.24) is 0 Å². The second-order valence-corrected chi connectivity index (χ2v) is 8.34. The molecular formula is C23H22O2S2. The van der Waals surface area contributed by atoms with Crippen LogP contribution in [0.15, 0.2) is 105 Å². The van der Waals surface area contributed by atoms with Gasteiger partial charge in [0.05, 0.1) is 13.2 Å². The third-order valence-electron chi connectivity index (χ3n) is 3.93. The van der Waals surface area contributed by atoms with E-state index in [0.717, 1.165) is 9.80 Å². The molecule has 0 unspecified atom stereocenters. The van der Waals surface area contributed by atoms with Crippen LogP contribution in [0.2, 0.25) is 0 Å².